The predicted octanol–water partition coefficient (Wildman–Crippen LogP) is 1.20. The van der Waals surface area contributed by atoms with Crippen LogP contribution in [0.2, 0.25) is 0 Å². The van der Waals surface area contributed by atoms with Gasteiger partial charge in [-0.2, -0.15) is 9.72 Å². The quantitative estimate of drug-likeness (QED) is 0.632. The summed E-state index contributed by atoms with van der Waals surface area (Å²) in [6.07, 6.45) is -0.113. The highest BCUT2D eigenvalue weighted by Gasteiger charge is 2.20. The zero-order valence-corrected chi connectivity index (χ0v) is 8.48. The average molecular weight is 195 g/mol. The van der Waals surface area contributed by atoms with E-state index in [4.69, 9.17) is 1.37 Å². The van der Waals surface area contributed by atoms with Crippen LogP contribution in [-0.4, -0.2) is 15.8 Å². The monoisotopic (exact) mass is 195 g/mol. The molecule has 1 amide bonds. The van der Waals surface area contributed by atoms with Crippen LogP contribution in [0.3, 0.4) is 0 Å². The molecule has 0 fully saturated rings. The third-order valence-corrected chi connectivity index (χ3v) is 1.61. The highest BCUT2D eigenvalue weighted by atomic mass is 16.5. The first-order valence-corrected chi connectivity index (χ1v) is 4.29. The van der Waals surface area contributed by atoms with Crippen molar-refractivity contribution in [3.63, 3.8) is 0 Å². The van der Waals surface area contributed by atoms with Crippen molar-refractivity contribution in [2.75, 3.05) is 0 Å². The van der Waals surface area contributed by atoms with E-state index in [1.54, 1.807) is 26.8 Å². The van der Waals surface area contributed by atoms with Gasteiger partial charge in [-0.1, -0.05) is 26.8 Å². The molecule has 14 heavy (non-hydrogen) atoms. The van der Waals surface area contributed by atoms with Gasteiger partial charge in [-0.05, 0) is 12.1 Å². The lowest BCUT2D eigenvalue weighted by Gasteiger charge is -2.11. The zero-order chi connectivity index (χ0) is 11.6. The Labute approximate surface area is 83.9 Å². The molecule has 0 bridgehead atoms. The SMILES string of the molecule is [2H]c1cccc(=NC(=O)C(C)(C)C)n1O. The van der Waals surface area contributed by atoms with Crippen molar-refractivity contribution in [2.45, 2.75) is 20.8 Å². The standard InChI is InChI=1S/C10H14N2O2/c1-10(2,3)9(13)11-8-6-4-5-7-12(8)14/h4-7,14H,1-3H3/i7D. The summed E-state index contributed by atoms with van der Waals surface area (Å²) in [5.41, 5.74) is -0.521. The van der Waals surface area contributed by atoms with Crippen molar-refractivity contribution in [1.82, 2.24) is 4.73 Å². The third kappa shape index (κ3) is 2.45. The number of nitrogens with zero attached hydrogens (tertiary/aromatic N) is 2. The zero-order valence-electron chi connectivity index (χ0n) is 9.48. The molecule has 0 saturated heterocycles. The Balaban J connectivity index is 3.23. The summed E-state index contributed by atoms with van der Waals surface area (Å²) in [6, 6.07) is 4.44. The molecule has 0 saturated carbocycles. The molecular formula is C10H14N2O2. The molecule has 1 heterocycles. The van der Waals surface area contributed by atoms with Gasteiger partial charge in [0.2, 0.25) is 0 Å². The molecule has 1 aromatic heterocycles. The highest BCUT2D eigenvalue weighted by molar-refractivity contribution is 5.82. The van der Waals surface area contributed by atoms with E-state index in [9.17, 15) is 10.0 Å². The topological polar surface area (TPSA) is 54.6 Å². The van der Waals surface area contributed by atoms with Crippen LogP contribution in [0.15, 0.2) is 29.4 Å². The van der Waals surface area contributed by atoms with E-state index in [1.165, 1.54) is 12.1 Å². The van der Waals surface area contributed by atoms with Gasteiger partial charge in [-0.3, -0.25) is 4.79 Å². The summed E-state index contributed by atoms with van der Waals surface area (Å²) in [5, 5.41) is 9.40. The van der Waals surface area contributed by atoms with Crippen molar-refractivity contribution in [2.24, 2.45) is 10.4 Å². The van der Waals surface area contributed by atoms with Crippen molar-refractivity contribution in [1.29, 1.82) is 0 Å². The van der Waals surface area contributed by atoms with Crippen molar-refractivity contribution < 1.29 is 11.4 Å². The van der Waals surface area contributed by atoms with Crippen LogP contribution < -0.4 is 5.49 Å². The molecule has 0 radical (unpaired) electrons. The molecule has 0 atom stereocenters. The van der Waals surface area contributed by atoms with Gasteiger partial charge in [-0.25, -0.2) is 0 Å². The minimum absolute atomic E-state index is 0.0717. The molecule has 0 aromatic carbocycles. The van der Waals surface area contributed by atoms with Crippen LogP contribution in [0, 0.1) is 5.41 Å². The lowest BCUT2D eigenvalue weighted by atomic mass is 9.96. The van der Waals surface area contributed by atoms with E-state index in [2.05, 4.69) is 4.99 Å². The van der Waals surface area contributed by atoms with E-state index in [1.807, 2.05) is 0 Å². The highest BCUT2D eigenvalue weighted by Crippen LogP contribution is 2.14. The number of pyridine rings is 1. The molecule has 1 N–H and O–H groups in total. The summed E-state index contributed by atoms with van der Waals surface area (Å²) in [6.45, 7) is 5.22. The summed E-state index contributed by atoms with van der Waals surface area (Å²) in [4.78, 5) is 15.3. The minimum Gasteiger partial charge on any atom is -0.427 e. The molecular weight excluding hydrogens is 180 g/mol. The Bertz CT molecular complexity index is 443. The number of hydrogen-bond donors (Lipinski definition) is 1. The normalized spacial score (nSPS) is 13.9. The number of carbonyl (C=O) groups excluding carboxylic acids is 1. The van der Waals surface area contributed by atoms with Gasteiger partial charge in [0, 0.05) is 11.6 Å². The van der Waals surface area contributed by atoms with Gasteiger partial charge < -0.3 is 5.21 Å². The fourth-order valence-electron chi connectivity index (χ4n) is 0.741. The maximum atomic E-state index is 11.5. The first-order chi connectivity index (χ1) is 6.82. The summed E-state index contributed by atoms with van der Waals surface area (Å²) >= 11 is 0. The number of rotatable bonds is 0. The molecule has 76 valence electrons. The largest absolute Gasteiger partial charge is 0.427 e. The Morgan fingerprint density at radius 1 is 1.57 bits per heavy atom. The van der Waals surface area contributed by atoms with Crippen LogP contribution >= 0.6 is 0 Å². The Morgan fingerprint density at radius 3 is 2.79 bits per heavy atom. The van der Waals surface area contributed by atoms with Crippen molar-refractivity contribution >= 4 is 5.91 Å². The number of amides is 1. The smallest absolute Gasteiger partial charge is 0.253 e. The summed E-state index contributed by atoms with van der Waals surface area (Å²) < 4.78 is 7.88. The van der Waals surface area contributed by atoms with Crippen LogP contribution in [-0.2, 0) is 4.79 Å². The van der Waals surface area contributed by atoms with Gasteiger partial charge in [0.05, 0.1) is 1.37 Å². The van der Waals surface area contributed by atoms with Crippen molar-refractivity contribution in [3.05, 3.63) is 29.9 Å². The number of aromatic nitrogens is 1. The van der Waals surface area contributed by atoms with E-state index in [0.29, 0.717) is 4.73 Å². The first-order valence-electron chi connectivity index (χ1n) is 4.79. The maximum Gasteiger partial charge on any atom is 0.253 e. The average Bonchev–Trinajstić information content (AvgIpc) is 2.11. The predicted molar refractivity (Wildman–Crippen MR) is 51.6 cm³/mol. The van der Waals surface area contributed by atoms with Gasteiger partial charge >= 0.3 is 0 Å². The fraction of sp³-hybridized carbons (Fsp3) is 0.400. The van der Waals surface area contributed by atoms with Gasteiger partial charge in [0.15, 0.2) is 5.49 Å². The van der Waals surface area contributed by atoms with Crippen LogP contribution in [0.4, 0.5) is 0 Å². The Morgan fingerprint density at radius 2 is 2.21 bits per heavy atom. The second-order valence-corrected chi connectivity index (χ2v) is 3.99. The molecule has 0 aliphatic carbocycles. The van der Waals surface area contributed by atoms with Gasteiger partial charge in [-0.15, -0.1) is 0 Å². The molecule has 4 heteroatoms. The van der Waals surface area contributed by atoms with E-state index in [-0.39, 0.29) is 17.6 Å². The third-order valence-electron chi connectivity index (χ3n) is 1.61. The van der Waals surface area contributed by atoms with Gasteiger partial charge in [0.1, 0.15) is 0 Å². The van der Waals surface area contributed by atoms with Crippen LogP contribution in [0.25, 0.3) is 0 Å². The van der Waals surface area contributed by atoms with Crippen LogP contribution in [0.5, 0.6) is 0 Å². The van der Waals surface area contributed by atoms with Gasteiger partial charge in [0.25, 0.3) is 5.91 Å². The molecule has 0 unspecified atom stereocenters. The Hall–Kier alpha value is -1.58. The lowest BCUT2D eigenvalue weighted by Crippen LogP contribution is -2.25. The van der Waals surface area contributed by atoms with Crippen LogP contribution in [0.1, 0.15) is 22.1 Å². The van der Waals surface area contributed by atoms with E-state index in [0.717, 1.165) is 0 Å². The Kier molecular flexibility index (Phi) is 2.35. The first kappa shape index (κ1) is 8.99. The second-order valence-electron chi connectivity index (χ2n) is 3.99. The van der Waals surface area contributed by atoms with E-state index < -0.39 is 5.41 Å². The lowest BCUT2D eigenvalue weighted by molar-refractivity contribution is -0.125. The molecule has 1 rings (SSSR count). The van der Waals surface area contributed by atoms with E-state index >= 15 is 0 Å². The number of carbonyl (C=O) groups is 1. The molecule has 0 aliphatic heterocycles. The van der Waals surface area contributed by atoms with Crippen molar-refractivity contribution in [3.8, 4) is 0 Å². The molecule has 0 aliphatic rings. The summed E-state index contributed by atoms with van der Waals surface area (Å²) in [5.74, 6) is -0.337. The number of hydrogen-bond acceptors (Lipinski definition) is 2. The molecule has 1 aromatic rings. The molecule has 0 spiro atoms. The molecule has 4 nitrogen and oxygen atoms in total. The fourth-order valence-corrected chi connectivity index (χ4v) is 0.741. The summed E-state index contributed by atoms with van der Waals surface area (Å²) in [7, 11) is 0. The second kappa shape index (κ2) is 3.65. The minimum atomic E-state index is -0.592. The maximum absolute atomic E-state index is 11.5.